The number of hydrogen-bond donors (Lipinski definition) is 0. The Morgan fingerprint density at radius 3 is 2.23 bits per heavy atom. The highest BCUT2D eigenvalue weighted by atomic mass is 16.5. The van der Waals surface area contributed by atoms with Crippen molar-refractivity contribution >= 4 is 23.7 Å². The van der Waals surface area contributed by atoms with Crippen molar-refractivity contribution in [1.29, 1.82) is 5.26 Å². The maximum atomic E-state index is 11.9. The number of likely N-dealkylation sites (tertiary alicyclic amines) is 1. The number of aryl methyl sites for hydroxylation is 1. The van der Waals surface area contributed by atoms with Gasteiger partial charge in [-0.3, -0.25) is 14.4 Å². The number of unbranched alkanes of at least 4 members (excludes halogenated alkanes) is 1. The molecule has 0 aromatic heterocycles. The molecular formula is C40H63N3O5. The molecule has 1 amide bonds. The SMILES string of the molecule is CC.CC(=O)C#N.CCCC.CCCOC.CCc1ccccc1N(C=O)C/C=C1\CC(C=C2/C=C(\C)OC/C=C\C2)CN1CC(C)=O. The van der Waals surface area contributed by atoms with Crippen molar-refractivity contribution in [2.45, 2.75) is 101 Å². The summed E-state index contributed by atoms with van der Waals surface area (Å²) in [5, 5.41) is 7.54. The number of ketones is 2. The maximum absolute atomic E-state index is 11.9. The van der Waals surface area contributed by atoms with Crippen molar-refractivity contribution < 1.29 is 23.9 Å². The molecule has 0 N–H and O–H groups in total. The summed E-state index contributed by atoms with van der Waals surface area (Å²) in [7, 11) is 1.71. The molecule has 2 heterocycles. The first-order valence-electron chi connectivity index (χ1n) is 17.4. The van der Waals surface area contributed by atoms with E-state index < -0.39 is 5.78 Å². The first-order chi connectivity index (χ1) is 23.1. The van der Waals surface area contributed by atoms with Gasteiger partial charge in [0, 0.05) is 51.0 Å². The van der Waals surface area contributed by atoms with E-state index in [1.807, 2.05) is 39.0 Å². The Kier molecular flexibility index (Phi) is 29.2. The van der Waals surface area contributed by atoms with Crippen LogP contribution < -0.4 is 4.90 Å². The van der Waals surface area contributed by atoms with Gasteiger partial charge in [0.05, 0.1) is 12.3 Å². The van der Waals surface area contributed by atoms with Crippen LogP contribution in [0.2, 0.25) is 0 Å². The van der Waals surface area contributed by atoms with E-state index in [1.165, 1.54) is 31.4 Å². The Balaban J connectivity index is 0. The molecule has 1 atom stereocenters. The summed E-state index contributed by atoms with van der Waals surface area (Å²) >= 11 is 0. The van der Waals surface area contributed by atoms with Crippen LogP contribution in [-0.4, -0.2) is 62.8 Å². The third-order valence-electron chi connectivity index (χ3n) is 6.91. The number of nitriles is 1. The minimum absolute atomic E-state index is 0.144. The van der Waals surface area contributed by atoms with Gasteiger partial charge in [0.2, 0.25) is 12.2 Å². The number of carbonyl (C=O) groups is 3. The first kappa shape index (κ1) is 46.2. The third-order valence-corrected chi connectivity index (χ3v) is 6.91. The highest BCUT2D eigenvalue weighted by Gasteiger charge is 2.26. The second-order valence-electron chi connectivity index (χ2n) is 11.1. The van der Waals surface area contributed by atoms with Gasteiger partial charge in [-0.1, -0.05) is 90.8 Å². The van der Waals surface area contributed by atoms with Crippen molar-refractivity contribution in [3.8, 4) is 6.07 Å². The summed E-state index contributed by atoms with van der Waals surface area (Å²) in [5.74, 6) is 0.946. The minimum atomic E-state index is -0.440. The lowest BCUT2D eigenvalue weighted by atomic mass is 10.0. The van der Waals surface area contributed by atoms with E-state index in [0.717, 1.165) is 68.0 Å². The van der Waals surface area contributed by atoms with Crippen LogP contribution in [0.4, 0.5) is 5.69 Å². The molecule has 0 aliphatic carbocycles. The number of allylic oxidation sites excluding steroid dienone is 5. The van der Waals surface area contributed by atoms with E-state index in [1.54, 1.807) is 18.9 Å². The zero-order chi connectivity index (χ0) is 36.7. The third kappa shape index (κ3) is 21.8. The second-order valence-corrected chi connectivity index (χ2v) is 11.1. The molecule has 1 saturated heterocycles. The van der Waals surface area contributed by atoms with Crippen LogP contribution in [-0.2, 0) is 30.3 Å². The lowest BCUT2D eigenvalue weighted by Crippen LogP contribution is -2.27. The van der Waals surface area contributed by atoms with E-state index >= 15 is 0 Å². The molecule has 0 radical (unpaired) electrons. The minimum Gasteiger partial charge on any atom is -0.494 e. The van der Waals surface area contributed by atoms with E-state index in [2.05, 4.69) is 69.0 Å². The predicted molar refractivity (Wildman–Crippen MR) is 200 cm³/mol. The molecule has 8 nitrogen and oxygen atoms in total. The number of benzene rings is 1. The molecule has 0 saturated carbocycles. The fourth-order valence-electron chi connectivity index (χ4n) is 4.57. The number of Topliss-reactive ketones (excluding diaryl/α,β-unsaturated/α-hetero) is 2. The second kappa shape index (κ2) is 30.4. The molecule has 2 aliphatic rings. The van der Waals surface area contributed by atoms with Crippen molar-refractivity contribution in [1.82, 2.24) is 4.90 Å². The number of rotatable bonds is 11. The predicted octanol–water partition coefficient (Wildman–Crippen LogP) is 8.79. The Hall–Kier alpha value is -3.96. The highest BCUT2D eigenvalue weighted by molar-refractivity contribution is 5.90. The van der Waals surface area contributed by atoms with Gasteiger partial charge >= 0.3 is 0 Å². The highest BCUT2D eigenvalue weighted by Crippen LogP contribution is 2.30. The number of para-hydroxylation sites is 1. The number of amides is 1. The molecule has 1 unspecified atom stereocenters. The fraction of sp³-hybridized carbons (Fsp3) is 0.550. The zero-order valence-electron chi connectivity index (χ0n) is 31.5. The Morgan fingerprint density at radius 2 is 1.73 bits per heavy atom. The Labute approximate surface area is 292 Å². The van der Waals surface area contributed by atoms with Crippen molar-refractivity contribution in [3.05, 3.63) is 77.2 Å². The number of methoxy groups -OCH3 is 1. The molecule has 0 spiro atoms. The van der Waals surface area contributed by atoms with Gasteiger partial charge in [0.1, 0.15) is 18.5 Å². The molecule has 0 bridgehead atoms. The molecule has 3 rings (SSSR count). The smallest absolute Gasteiger partial charge is 0.228 e. The average Bonchev–Trinajstić information content (AvgIpc) is 3.45. The van der Waals surface area contributed by atoms with Crippen LogP contribution in [0.3, 0.4) is 0 Å². The van der Waals surface area contributed by atoms with E-state index in [9.17, 15) is 14.4 Å². The number of anilines is 1. The molecule has 1 aromatic rings. The normalized spacial score (nSPS) is 18.1. The summed E-state index contributed by atoms with van der Waals surface area (Å²) < 4.78 is 10.3. The summed E-state index contributed by atoms with van der Waals surface area (Å²) in [6.45, 7) is 20.6. The van der Waals surface area contributed by atoms with Crippen LogP contribution in [0.15, 0.2) is 71.7 Å². The van der Waals surface area contributed by atoms with Crippen LogP contribution in [0.25, 0.3) is 0 Å². The zero-order valence-corrected chi connectivity index (χ0v) is 31.5. The van der Waals surface area contributed by atoms with Gasteiger partial charge in [0.25, 0.3) is 0 Å². The molecule has 2 aliphatic heterocycles. The number of carbonyl (C=O) groups excluding carboxylic acids is 3. The average molecular weight is 666 g/mol. The Bertz CT molecular complexity index is 1210. The number of ether oxygens (including phenoxy) is 2. The summed E-state index contributed by atoms with van der Waals surface area (Å²) in [5.41, 5.74) is 4.45. The van der Waals surface area contributed by atoms with E-state index in [-0.39, 0.29) is 5.78 Å². The number of hydrogen-bond acceptors (Lipinski definition) is 7. The lowest BCUT2D eigenvalue weighted by molar-refractivity contribution is -0.117. The van der Waals surface area contributed by atoms with E-state index in [0.29, 0.717) is 25.6 Å². The number of nitrogens with zero attached hydrogens (tertiary/aromatic N) is 3. The standard InChI is InChI=1S/C27H34N2O3.C4H10O.C4H10.C3H3NO.C2H6/c1-4-25-10-5-6-11-27(25)28(20-30)13-12-26-17-24(19-29(26)18-21(2)31)16-23-9-7-8-14-32-22(3)15-23;1-3-4-5-2;1-3-4-2;1-3(5)2-4;1-2/h5-8,10-12,15-16,20,24H,4,9,13-14,17-19H2,1-3H3;3-4H2,1-2H3;3-4H2,1-2H3;1H3;1-2H3/b8-7-,22-15+,23-16?,26-12+;;;;. The molecule has 268 valence electrons. The van der Waals surface area contributed by atoms with Gasteiger partial charge in [-0.05, 0) is 68.9 Å². The van der Waals surface area contributed by atoms with Gasteiger partial charge in [-0.25, -0.2) is 0 Å². The largest absolute Gasteiger partial charge is 0.494 e. The topological polar surface area (TPSA) is 99.9 Å². The van der Waals surface area contributed by atoms with Crippen molar-refractivity contribution in [3.63, 3.8) is 0 Å². The van der Waals surface area contributed by atoms with Gasteiger partial charge < -0.3 is 19.3 Å². The molecule has 8 heteroatoms. The maximum Gasteiger partial charge on any atom is 0.228 e. The van der Waals surface area contributed by atoms with Crippen LogP contribution in [0, 0.1) is 17.2 Å². The first-order valence-corrected chi connectivity index (χ1v) is 17.4. The Morgan fingerprint density at radius 1 is 1.08 bits per heavy atom. The molecule has 48 heavy (non-hydrogen) atoms. The lowest BCUT2D eigenvalue weighted by Gasteiger charge is -2.22. The van der Waals surface area contributed by atoms with Crippen LogP contribution in [0.5, 0.6) is 0 Å². The fourth-order valence-corrected chi connectivity index (χ4v) is 4.57. The van der Waals surface area contributed by atoms with E-state index in [4.69, 9.17) is 14.7 Å². The van der Waals surface area contributed by atoms with Crippen LogP contribution >= 0.6 is 0 Å². The summed E-state index contributed by atoms with van der Waals surface area (Å²) in [6.07, 6.45) is 18.0. The summed E-state index contributed by atoms with van der Waals surface area (Å²) in [6, 6.07) is 9.39. The van der Waals surface area contributed by atoms with Crippen LogP contribution in [0.1, 0.15) is 100.0 Å². The van der Waals surface area contributed by atoms with Gasteiger partial charge in [-0.15, -0.1) is 0 Å². The van der Waals surface area contributed by atoms with Crippen molar-refractivity contribution in [2.24, 2.45) is 5.92 Å². The molecular weight excluding hydrogens is 602 g/mol. The quantitative estimate of drug-likeness (QED) is 0.132. The molecule has 1 fully saturated rings. The molecule has 1 aromatic carbocycles. The summed E-state index contributed by atoms with van der Waals surface area (Å²) in [4.78, 5) is 37.1. The van der Waals surface area contributed by atoms with Gasteiger partial charge in [0.15, 0.2) is 0 Å². The monoisotopic (exact) mass is 665 g/mol. The van der Waals surface area contributed by atoms with Gasteiger partial charge in [-0.2, -0.15) is 5.26 Å². The van der Waals surface area contributed by atoms with Crippen molar-refractivity contribution in [2.75, 3.05) is 44.9 Å².